The number of halogens is 2. The van der Waals surface area contributed by atoms with Crippen LogP contribution in [-0.4, -0.2) is 25.8 Å². The van der Waals surface area contributed by atoms with Gasteiger partial charge in [0.15, 0.2) is 0 Å². The number of piperidine rings is 1. The van der Waals surface area contributed by atoms with Gasteiger partial charge >= 0.3 is 0 Å². The Morgan fingerprint density at radius 1 is 1.33 bits per heavy atom. The molecular weight excluding hydrogens is 374 g/mol. The Kier molecular flexibility index (Phi) is 5.74. The molecule has 3 nitrogen and oxygen atoms in total. The normalized spacial score (nSPS) is 18.3. The molecule has 0 spiro atoms. The topological polar surface area (TPSA) is 37.4 Å². The van der Waals surface area contributed by atoms with Crippen LogP contribution in [0, 0.1) is 11.8 Å². The monoisotopic (exact) mass is 393 g/mol. The molecule has 21 heavy (non-hydrogen) atoms. The molecular formula is C15H21BrClNO2S. The van der Waals surface area contributed by atoms with Crippen molar-refractivity contribution in [2.45, 2.75) is 37.5 Å². The summed E-state index contributed by atoms with van der Waals surface area (Å²) in [6.45, 7) is 5.61. The zero-order valence-corrected chi connectivity index (χ0v) is 15.5. The van der Waals surface area contributed by atoms with Crippen molar-refractivity contribution in [1.29, 1.82) is 0 Å². The van der Waals surface area contributed by atoms with Crippen molar-refractivity contribution in [3.63, 3.8) is 0 Å². The summed E-state index contributed by atoms with van der Waals surface area (Å²) < 4.78 is 27.8. The molecule has 118 valence electrons. The number of sulfonamides is 1. The van der Waals surface area contributed by atoms with E-state index >= 15 is 0 Å². The lowest BCUT2D eigenvalue weighted by Gasteiger charge is -2.33. The third-order valence-electron chi connectivity index (χ3n) is 4.21. The molecule has 0 atom stereocenters. The van der Waals surface area contributed by atoms with Crippen molar-refractivity contribution in [3.8, 4) is 0 Å². The SMILES string of the molecule is CC(C)C1CCN(S(=O)(=O)c2cc(CCl)ccc2Br)CC1. The summed E-state index contributed by atoms with van der Waals surface area (Å²) in [6, 6.07) is 5.26. The van der Waals surface area contributed by atoms with Gasteiger partial charge in [0.05, 0.1) is 4.90 Å². The Labute approximate surface area is 140 Å². The molecule has 0 aliphatic carbocycles. The molecule has 1 heterocycles. The molecule has 2 rings (SSSR count). The van der Waals surface area contributed by atoms with Gasteiger partial charge in [-0.15, -0.1) is 11.6 Å². The summed E-state index contributed by atoms with van der Waals surface area (Å²) in [5, 5.41) is 0. The molecule has 1 saturated heterocycles. The highest BCUT2D eigenvalue weighted by molar-refractivity contribution is 9.10. The highest BCUT2D eigenvalue weighted by Gasteiger charge is 2.31. The number of benzene rings is 1. The van der Waals surface area contributed by atoms with Crippen molar-refractivity contribution in [1.82, 2.24) is 4.31 Å². The molecule has 1 aromatic carbocycles. The van der Waals surface area contributed by atoms with Crippen LogP contribution >= 0.6 is 27.5 Å². The Morgan fingerprint density at radius 3 is 2.48 bits per heavy atom. The van der Waals surface area contributed by atoms with E-state index in [4.69, 9.17) is 11.6 Å². The highest BCUT2D eigenvalue weighted by atomic mass is 79.9. The van der Waals surface area contributed by atoms with Crippen molar-refractivity contribution >= 4 is 37.6 Å². The first-order valence-corrected chi connectivity index (χ1v) is 9.97. The maximum absolute atomic E-state index is 12.8. The minimum Gasteiger partial charge on any atom is -0.207 e. The van der Waals surface area contributed by atoms with Crippen molar-refractivity contribution in [3.05, 3.63) is 28.2 Å². The molecule has 1 aliphatic heterocycles. The van der Waals surface area contributed by atoms with Crippen LogP contribution in [0.2, 0.25) is 0 Å². The van der Waals surface area contributed by atoms with Crippen molar-refractivity contribution in [2.75, 3.05) is 13.1 Å². The van der Waals surface area contributed by atoms with Crippen LogP contribution in [-0.2, 0) is 15.9 Å². The van der Waals surface area contributed by atoms with Crippen LogP contribution in [0.15, 0.2) is 27.6 Å². The number of nitrogens with zero attached hydrogens (tertiary/aromatic N) is 1. The maximum Gasteiger partial charge on any atom is 0.244 e. The molecule has 0 amide bonds. The largest absolute Gasteiger partial charge is 0.244 e. The first-order chi connectivity index (χ1) is 9.86. The Bertz CT molecular complexity index is 596. The summed E-state index contributed by atoms with van der Waals surface area (Å²) in [5.41, 5.74) is 0.815. The van der Waals surface area contributed by atoms with Gasteiger partial charge in [-0.3, -0.25) is 0 Å². The summed E-state index contributed by atoms with van der Waals surface area (Å²) >= 11 is 9.17. The minimum atomic E-state index is -3.45. The van der Waals surface area contributed by atoms with E-state index in [1.165, 1.54) is 0 Å². The predicted octanol–water partition coefficient (Wildman–Crippen LogP) is 4.24. The van der Waals surface area contributed by atoms with E-state index in [0.29, 0.717) is 40.2 Å². The van der Waals surface area contributed by atoms with E-state index in [1.54, 1.807) is 16.4 Å². The van der Waals surface area contributed by atoms with Crippen LogP contribution < -0.4 is 0 Å². The number of hydrogen-bond donors (Lipinski definition) is 0. The number of rotatable bonds is 4. The second-order valence-electron chi connectivity index (χ2n) is 5.88. The summed E-state index contributed by atoms with van der Waals surface area (Å²) in [5.74, 6) is 1.54. The van der Waals surface area contributed by atoms with Crippen LogP contribution in [0.4, 0.5) is 0 Å². The molecule has 0 radical (unpaired) electrons. The quantitative estimate of drug-likeness (QED) is 0.716. The van der Waals surface area contributed by atoms with Crippen molar-refractivity contribution < 1.29 is 8.42 Å². The minimum absolute atomic E-state index is 0.311. The lowest BCUT2D eigenvalue weighted by molar-refractivity contribution is 0.226. The van der Waals surface area contributed by atoms with Gasteiger partial charge in [0.2, 0.25) is 10.0 Å². The molecule has 6 heteroatoms. The lowest BCUT2D eigenvalue weighted by atomic mass is 9.87. The smallest absolute Gasteiger partial charge is 0.207 e. The summed E-state index contributed by atoms with van der Waals surface area (Å²) in [6.07, 6.45) is 1.87. The van der Waals surface area contributed by atoms with Crippen LogP contribution in [0.25, 0.3) is 0 Å². The van der Waals surface area contributed by atoms with Crippen LogP contribution in [0.3, 0.4) is 0 Å². The Balaban J connectivity index is 2.23. The first kappa shape index (κ1) is 17.3. The van der Waals surface area contributed by atoms with E-state index in [1.807, 2.05) is 6.07 Å². The molecule has 0 N–H and O–H groups in total. The second-order valence-corrected chi connectivity index (χ2v) is 8.91. The van der Waals surface area contributed by atoms with Gasteiger partial charge in [-0.1, -0.05) is 19.9 Å². The fourth-order valence-corrected chi connectivity index (χ4v) is 5.36. The van der Waals surface area contributed by atoms with Crippen LogP contribution in [0.5, 0.6) is 0 Å². The van der Waals surface area contributed by atoms with Gasteiger partial charge in [-0.2, -0.15) is 4.31 Å². The molecule has 1 aliphatic rings. The van der Waals surface area contributed by atoms with Gasteiger partial charge < -0.3 is 0 Å². The molecule has 0 saturated carbocycles. The fourth-order valence-electron chi connectivity index (χ4n) is 2.75. The van der Waals surface area contributed by atoms with E-state index in [0.717, 1.165) is 18.4 Å². The molecule has 1 fully saturated rings. The van der Waals surface area contributed by atoms with E-state index in [9.17, 15) is 8.42 Å². The Hall–Kier alpha value is -0.100. The zero-order valence-electron chi connectivity index (χ0n) is 12.4. The van der Waals surface area contributed by atoms with E-state index < -0.39 is 10.0 Å². The molecule has 1 aromatic rings. The summed E-state index contributed by atoms with van der Waals surface area (Å²) in [4.78, 5) is 0.323. The second kappa shape index (κ2) is 6.99. The van der Waals surface area contributed by atoms with Crippen LogP contribution in [0.1, 0.15) is 32.3 Å². The molecule has 0 unspecified atom stereocenters. The zero-order chi connectivity index (χ0) is 15.6. The van der Waals surface area contributed by atoms with Gasteiger partial charge in [-0.25, -0.2) is 8.42 Å². The third kappa shape index (κ3) is 3.81. The van der Waals surface area contributed by atoms with Crippen molar-refractivity contribution in [2.24, 2.45) is 11.8 Å². The van der Waals surface area contributed by atoms with Gasteiger partial charge in [0, 0.05) is 23.4 Å². The standard InChI is InChI=1S/C15H21BrClNO2S/c1-11(2)13-5-7-18(8-6-13)21(19,20)15-9-12(10-17)3-4-14(15)16/h3-4,9,11,13H,5-8,10H2,1-2H3. The Morgan fingerprint density at radius 2 is 1.95 bits per heavy atom. The average molecular weight is 395 g/mol. The van der Waals surface area contributed by atoms with Gasteiger partial charge in [-0.05, 0) is 58.3 Å². The van der Waals surface area contributed by atoms with E-state index in [-0.39, 0.29) is 0 Å². The fraction of sp³-hybridized carbons (Fsp3) is 0.600. The number of hydrogen-bond acceptors (Lipinski definition) is 2. The predicted molar refractivity (Wildman–Crippen MR) is 90.0 cm³/mol. The first-order valence-electron chi connectivity index (χ1n) is 7.20. The molecule has 0 bridgehead atoms. The third-order valence-corrected chi connectivity index (χ3v) is 7.41. The molecule has 0 aromatic heterocycles. The average Bonchev–Trinajstić information content (AvgIpc) is 2.47. The van der Waals surface area contributed by atoms with Gasteiger partial charge in [0.1, 0.15) is 0 Å². The van der Waals surface area contributed by atoms with Gasteiger partial charge in [0.25, 0.3) is 0 Å². The highest BCUT2D eigenvalue weighted by Crippen LogP contribution is 2.31. The summed E-state index contributed by atoms with van der Waals surface area (Å²) in [7, 11) is -3.45. The van der Waals surface area contributed by atoms with E-state index in [2.05, 4.69) is 29.8 Å². The lowest BCUT2D eigenvalue weighted by Crippen LogP contribution is -2.39. The number of alkyl halides is 1. The maximum atomic E-state index is 12.8.